The van der Waals surface area contributed by atoms with Crippen LogP contribution in [0.5, 0.6) is 0 Å². The van der Waals surface area contributed by atoms with E-state index in [9.17, 15) is 52.7 Å². The standard InChI is InChI=1S/C41H39F12P2.C5H5.Fe/c1-25(34-16-10-17-35(34)36-15-8-9-18-37(36)55(30-11-4-2-5-12-30)31-13-6-3-7-14-31)54(32-21-26(38(42,43)44)19-27(22-32)39(45,46)47)33-23-28(40(48,49)50)20-29(24-33)41(51,52)53;1-2-4-5-3-1;/h8-10,15-25,30-31H,2-7,11-14H2,1H3;1-5H;. The number of hydrogen-bond donors (Lipinski definition) is 0. The molecule has 330 valence electrons. The molecule has 61 heavy (non-hydrogen) atoms. The fourth-order valence-electron chi connectivity index (χ4n) is 8.59. The van der Waals surface area contributed by atoms with Crippen LogP contribution >= 0.6 is 15.8 Å². The van der Waals surface area contributed by atoms with E-state index >= 15 is 0 Å². The predicted molar refractivity (Wildman–Crippen MR) is 215 cm³/mol. The Bertz CT molecular complexity index is 1690. The molecule has 0 aliphatic heterocycles. The quantitative estimate of drug-likeness (QED) is 0.120. The van der Waals surface area contributed by atoms with Gasteiger partial charge in [-0.1, -0.05) is 77.6 Å². The minimum atomic E-state index is -5.30. The Morgan fingerprint density at radius 3 is 1.25 bits per heavy atom. The molecule has 15 heteroatoms. The van der Waals surface area contributed by atoms with Crippen LogP contribution < -0.4 is 15.9 Å². The van der Waals surface area contributed by atoms with Crippen LogP contribution in [0.4, 0.5) is 52.7 Å². The van der Waals surface area contributed by atoms with Gasteiger partial charge in [0, 0.05) is 23.0 Å². The van der Waals surface area contributed by atoms with Crippen molar-refractivity contribution in [2.75, 3.05) is 0 Å². The SMILES string of the molecule is CC([C]1[CH][CH][CH][C]1c1ccccc1P(C1CCCCC1)C1CCCCC1)P(c1cc(C(F)(F)F)cc(C(F)(F)F)c1)c1cc(C(F)(F)F)cc(C(F)(F)F)c1.[CH]1[CH][CH][CH][CH]1.[Fe]. The number of rotatable bonds is 8. The Balaban J connectivity index is 0.00000109. The molecule has 0 amide bonds. The van der Waals surface area contributed by atoms with Crippen molar-refractivity contribution in [3.05, 3.63) is 152 Å². The monoisotopic (exact) mass is 942 g/mol. The van der Waals surface area contributed by atoms with Gasteiger partial charge in [-0.05, 0) is 166 Å². The minimum Gasteiger partial charge on any atom is -0.166 e. The summed E-state index contributed by atoms with van der Waals surface area (Å²) in [4.78, 5) is 0. The maximum Gasteiger partial charge on any atom is 0.416 e. The Morgan fingerprint density at radius 1 is 0.492 bits per heavy atom. The minimum absolute atomic E-state index is 0. The molecule has 4 aliphatic carbocycles. The van der Waals surface area contributed by atoms with Crippen LogP contribution in [0.2, 0.25) is 0 Å². The van der Waals surface area contributed by atoms with Gasteiger partial charge in [-0.3, -0.25) is 0 Å². The molecule has 0 aromatic heterocycles. The van der Waals surface area contributed by atoms with E-state index in [1.54, 1.807) is 19.3 Å². The van der Waals surface area contributed by atoms with Crippen molar-refractivity contribution in [1.29, 1.82) is 0 Å². The largest absolute Gasteiger partial charge is 0.416 e. The van der Waals surface area contributed by atoms with Gasteiger partial charge >= 0.3 is 24.7 Å². The van der Waals surface area contributed by atoms with Gasteiger partial charge in [0.15, 0.2) is 0 Å². The Labute approximate surface area is 364 Å². The van der Waals surface area contributed by atoms with Gasteiger partial charge in [-0.2, -0.15) is 52.7 Å². The molecule has 0 N–H and O–H groups in total. The molecule has 1 unspecified atom stereocenters. The van der Waals surface area contributed by atoms with Gasteiger partial charge in [0.25, 0.3) is 0 Å². The second-order valence-corrected chi connectivity index (χ2v) is 20.7. The van der Waals surface area contributed by atoms with Crippen molar-refractivity contribution in [3.63, 3.8) is 0 Å². The van der Waals surface area contributed by atoms with Gasteiger partial charge in [0.1, 0.15) is 0 Å². The van der Waals surface area contributed by atoms with Crippen molar-refractivity contribution in [2.24, 2.45) is 0 Å². The van der Waals surface area contributed by atoms with E-state index in [0.29, 0.717) is 47.4 Å². The summed E-state index contributed by atoms with van der Waals surface area (Å²) in [5.41, 5.74) is -6.23. The average molecular weight is 943 g/mol. The maximum absolute atomic E-state index is 14.2. The van der Waals surface area contributed by atoms with Crippen molar-refractivity contribution in [2.45, 2.75) is 113 Å². The second-order valence-electron chi connectivity index (χ2n) is 15.4. The third kappa shape index (κ3) is 12.7. The van der Waals surface area contributed by atoms with Gasteiger partial charge in [0.2, 0.25) is 0 Å². The summed E-state index contributed by atoms with van der Waals surface area (Å²) < 4.78 is 170. The van der Waals surface area contributed by atoms with Crippen molar-refractivity contribution in [3.8, 4) is 0 Å². The molecule has 7 rings (SSSR count). The van der Waals surface area contributed by atoms with Crippen LogP contribution in [0.25, 0.3) is 0 Å². The zero-order valence-electron chi connectivity index (χ0n) is 33.0. The van der Waals surface area contributed by atoms with Crippen LogP contribution in [0.3, 0.4) is 0 Å². The molecular weight excluding hydrogens is 898 g/mol. The van der Waals surface area contributed by atoms with Crippen LogP contribution in [-0.2, 0) is 41.8 Å². The summed E-state index contributed by atoms with van der Waals surface area (Å²) in [6, 6.07) is 9.28. The summed E-state index contributed by atoms with van der Waals surface area (Å²) in [6.45, 7) is 1.46. The van der Waals surface area contributed by atoms with E-state index in [2.05, 4.69) is 6.07 Å². The fraction of sp³-hybridized carbons (Fsp3) is 0.391. The molecule has 4 fully saturated rings. The summed E-state index contributed by atoms with van der Waals surface area (Å²) in [5.74, 6) is 1.03. The molecule has 3 aromatic carbocycles. The van der Waals surface area contributed by atoms with E-state index in [1.165, 1.54) is 6.92 Å². The van der Waals surface area contributed by atoms with Crippen LogP contribution in [0.15, 0.2) is 60.7 Å². The van der Waals surface area contributed by atoms with Crippen LogP contribution in [0, 0.1) is 63.2 Å². The van der Waals surface area contributed by atoms with E-state index in [4.69, 9.17) is 0 Å². The fourth-order valence-corrected chi connectivity index (χ4v) is 15.4. The summed E-state index contributed by atoms with van der Waals surface area (Å²) in [5, 5.41) is -0.175. The van der Waals surface area contributed by atoms with Gasteiger partial charge in [-0.25, -0.2) is 0 Å². The first-order valence-corrected chi connectivity index (χ1v) is 22.8. The first kappa shape index (κ1) is 50.2. The molecule has 0 nitrogen and oxygen atoms in total. The Hall–Kier alpha value is -1.80. The first-order valence-electron chi connectivity index (χ1n) is 19.9. The normalized spacial score (nSPS) is 19.9. The zero-order chi connectivity index (χ0) is 43.5. The molecule has 4 saturated carbocycles. The van der Waals surface area contributed by atoms with Crippen molar-refractivity contribution in [1.82, 2.24) is 0 Å². The van der Waals surface area contributed by atoms with Crippen LogP contribution in [-0.4, -0.2) is 17.0 Å². The maximum atomic E-state index is 14.2. The second kappa shape index (κ2) is 21.0. The average Bonchev–Trinajstić information content (AvgIpc) is 3.95. The van der Waals surface area contributed by atoms with Crippen LogP contribution in [0.1, 0.15) is 98.9 Å². The van der Waals surface area contributed by atoms with Crippen molar-refractivity contribution >= 4 is 31.8 Å². The van der Waals surface area contributed by atoms with Gasteiger partial charge in [-0.15, -0.1) is 0 Å². The summed E-state index contributed by atoms with van der Waals surface area (Å²) in [6.07, 6.45) is 4.85. The topological polar surface area (TPSA) is 0 Å². The predicted octanol–water partition coefficient (Wildman–Crippen LogP) is 14.2. The molecule has 3 aromatic rings. The molecule has 0 heterocycles. The zero-order valence-corrected chi connectivity index (χ0v) is 35.9. The Morgan fingerprint density at radius 2 is 0.869 bits per heavy atom. The molecule has 0 spiro atoms. The van der Waals surface area contributed by atoms with E-state index < -0.39 is 79.1 Å². The number of halogens is 12. The number of alkyl halides is 12. The van der Waals surface area contributed by atoms with E-state index in [1.807, 2.05) is 50.3 Å². The van der Waals surface area contributed by atoms with Gasteiger partial charge in [0.05, 0.1) is 22.3 Å². The molecular formula is C46H44F12FeP2. The molecule has 0 saturated heterocycles. The summed E-state index contributed by atoms with van der Waals surface area (Å²) in [7, 11) is -3.48. The number of benzene rings is 3. The number of hydrogen-bond acceptors (Lipinski definition) is 0. The molecule has 1 atom stereocenters. The Kier molecular flexibility index (Phi) is 17.3. The first-order chi connectivity index (χ1) is 28.2. The van der Waals surface area contributed by atoms with Gasteiger partial charge < -0.3 is 0 Å². The smallest absolute Gasteiger partial charge is 0.166 e. The van der Waals surface area contributed by atoms with Crippen molar-refractivity contribution < 1.29 is 69.8 Å². The van der Waals surface area contributed by atoms with E-state index in [-0.39, 0.29) is 29.2 Å². The molecule has 0 bridgehead atoms. The molecule has 4 aliphatic rings. The third-order valence-electron chi connectivity index (χ3n) is 11.4. The molecule has 10 radical (unpaired) electrons. The summed E-state index contributed by atoms with van der Waals surface area (Å²) >= 11 is 0. The third-order valence-corrected chi connectivity index (χ3v) is 17.6. The van der Waals surface area contributed by atoms with E-state index in [0.717, 1.165) is 75.1 Å².